The second kappa shape index (κ2) is 7.78. The summed E-state index contributed by atoms with van der Waals surface area (Å²) in [6.07, 6.45) is 5.84. The summed E-state index contributed by atoms with van der Waals surface area (Å²) in [5.41, 5.74) is 5.67. The Morgan fingerprint density at radius 2 is 1.95 bits per heavy atom. The Morgan fingerprint density at radius 1 is 1.16 bits per heavy atom. The highest BCUT2D eigenvalue weighted by Crippen LogP contribution is 2.25. The van der Waals surface area contributed by atoms with Crippen LogP contribution in [0.15, 0.2) is 0 Å². The number of halogens is 1. The van der Waals surface area contributed by atoms with Crippen LogP contribution in [0.3, 0.4) is 0 Å². The summed E-state index contributed by atoms with van der Waals surface area (Å²) in [5, 5.41) is 0. The minimum absolute atomic E-state index is 0. The van der Waals surface area contributed by atoms with Gasteiger partial charge in [0.2, 0.25) is 10.0 Å². The Balaban J connectivity index is 0.00000180. The van der Waals surface area contributed by atoms with E-state index in [9.17, 15) is 8.42 Å². The minimum Gasteiger partial charge on any atom is -0.377 e. The fraction of sp³-hybridized carbons (Fsp3) is 1.00. The van der Waals surface area contributed by atoms with Crippen LogP contribution in [0.1, 0.15) is 38.5 Å². The standard InChI is InChI=1S/C12H24N2O3S.ClH/c13-8-10-4-3-6-12(10)14-18(15,16)9-11-5-1-2-7-17-11;/h10-12,14H,1-9,13H2;1H. The molecule has 3 atom stereocenters. The molecule has 0 bridgehead atoms. The second-order valence-corrected chi connectivity index (χ2v) is 7.22. The van der Waals surface area contributed by atoms with Gasteiger partial charge >= 0.3 is 0 Å². The predicted molar refractivity (Wildman–Crippen MR) is 77.9 cm³/mol. The zero-order valence-electron chi connectivity index (χ0n) is 11.2. The van der Waals surface area contributed by atoms with Crippen molar-refractivity contribution in [2.24, 2.45) is 11.7 Å². The van der Waals surface area contributed by atoms with Gasteiger partial charge in [-0.2, -0.15) is 0 Å². The molecule has 1 saturated heterocycles. The van der Waals surface area contributed by atoms with Gasteiger partial charge in [-0.15, -0.1) is 12.4 Å². The normalized spacial score (nSPS) is 31.9. The van der Waals surface area contributed by atoms with Crippen LogP contribution in [0.2, 0.25) is 0 Å². The van der Waals surface area contributed by atoms with Gasteiger partial charge in [-0.1, -0.05) is 6.42 Å². The topological polar surface area (TPSA) is 81.4 Å². The van der Waals surface area contributed by atoms with Crippen molar-refractivity contribution in [3.05, 3.63) is 0 Å². The maximum atomic E-state index is 12.1. The van der Waals surface area contributed by atoms with Crippen LogP contribution in [0, 0.1) is 5.92 Å². The van der Waals surface area contributed by atoms with Crippen molar-refractivity contribution in [3.8, 4) is 0 Å². The molecule has 2 rings (SSSR count). The maximum Gasteiger partial charge on any atom is 0.214 e. The van der Waals surface area contributed by atoms with Gasteiger partial charge in [0.15, 0.2) is 0 Å². The molecule has 1 aliphatic carbocycles. The summed E-state index contributed by atoms with van der Waals surface area (Å²) >= 11 is 0. The molecule has 0 amide bonds. The van der Waals surface area contributed by atoms with Crippen LogP contribution in [0.25, 0.3) is 0 Å². The van der Waals surface area contributed by atoms with E-state index in [4.69, 9.17) is 10.5 Å². The highest BCUT2D eigenvalue weighted by molar-refractivity contribution is 7.89. The highest BCUT2D eigenvalue weighted by Gasteiger charge is 2.31. The zero-order chi connectivity index (χ0) is 13.0. The smallest absolute Gasteiger partial charge is 0.214 e. The van der Waals surface area contributed by atoms with Gasteiger partial charge in [-0.25, -0.2) is 13.1 Å². The van der Waals surface area contributed by atoms with Gasteiger partial charge in [-0.05, 0) is 44.6 Å². The third-order valence-electron chi connectivity index (χ3n) is 3.97. The number of hydrogen-bond acceptors (Lipinski definition) is 4. The lowest BCUT2D eigenvalue weighted by Crippen LogP contribution is -2.43. The van der Waals surface area contributed by atoms with Crippen molar-refractivity contribution in [2.45, 2.75) is 50.7 Å². The number of nitrogens with two attached hydrogens (primary N) is 1. The van der Waals surface area contributed by atoms with Crippen molar-refractivity contribution in [1.29, 1.82) is 0 Å². The monoisotopic (exact) mass is 312 g/mol. The van der Waals surface area contributed by atoms with Crippen LogP contribution >= 0.6 is 12.4 Å². The Bertz CT molecular complexity index is 358. The van der Waals surface area contributed by atoms with Gasteiger partial charge in [0.1, 0.15) is 0 Å². The van der Waals surface area contributed by atoms with E-state index >= 15 is 0 Å². The van der Waals surface area contributed by atoms with Crippen LogP contribution in [0.5, 0.6) is 0 Å². The van der Waals surface area contributed by atoms with Gasteiger partial charge < -0.3 is 10.5 Å². The van der Waals surface area contributed by atoms with E-state index in [1.54, 1.807) is 0 Å². The molecule has 0 aromatic rings. The van der Waals surface area contributed by atoms with E-state index in [-0.39, 0.29) is 30.3 Å². The molecule has 3 N–H and O–H groups in total. The molecule has 1 saturated carbocycles. The molecule has 0 aromatic carbocycles. The van der Waals surface area contributed by atoms with Gasteiger partial charge in [0.25, 0.3) is 0 Å². The number of sulfonamides is 1. The van der Waals surface area contributed by atoms with E-state index in [1.807, 2.05) is 0 Å². The zero-order valence-corrected chi connectivity index (χ0v) is 12.8. The lowest BCUT2D eigenvalue weighted by molar-refractivity contribution is 0.0303. The molecule has 7 heteroatoms. The van der Waals surface area contributed by atoms with Crippen molar-refractivity contribution in [1.82, 2.24) is 4.72 Å². The van der Waals surface area contributed by atoms with E-state index in [0.29, 0.717) is 19.1 Å². The molecule has 2 fully saturated rings. The predicted octanol–water partition coefficient (Wildman–Crippen LogP) is 1.02. The van der Waals surface area contributed by atoms with Crippen molar-refractivity contribution in [3.63, 3.8) is 0 Å². The molecule has 5 nitrogen and oxygen atoms in total. The first-order valence-corrected chi connectivity index (χ1v) is 8.57. The molecule has 114 valence electrons. The molecular weight excluding hydrogens is 288 g/mol. The number of hydrogen-bond donors (Lipinski definition) is 2. The van der Waals surface area contributed by atoms with Crippen LogP contribution in [-0.2, 0) is 14.8 Å². The SMILES string of the molecule is Cl.NCC1CCCC1NS(=O)(=O)CC1CCCCO1. The molecule has 3 unspecified atom stereocenters. The van der Waals surface area contributed by atoms with E-state index < -0.39 is 10.0 Å². The molecule has 0 spiro atoms. The van der Waals surface area contributed by atoms with Crippen molar-refractivity contribution < 1.29 is 13.2 Å². The molecule has 2 aliphatic rings. The maximum absolute atomic E-state index is 12.1. The highest BCUT2D eigenvalue weighted by atomic mass is 35.5. The molecule has 0 aromatic heterocycles. The number of nitrogens with one attached hydrogen (secondary N) is 1. The third kappa shape index (κ3) is 5.19. The van der Waals surface area contributed by atoms with Gasteiger partial charge in [0, 0.05) is 12.6 Å². The largest absolute Gasteiger partial charge is 0.377 e. The van der Waals surface area contributed by atoms with Crippen molar-refractivity contribution >= 4 is 22.4 Å². The summed E-state index contributed by atoms with van der Waals surface area (Å²) in [7, 11) is -3.24. The quantitative estimate of drug-likeness (QED) is 0.794. The van der Waals surface area contributed by atoms with Crippen LogP contribution in [-0.4, -0.2) is 39.5 Å². The number of ether oxygens (including phenoxy) is 1. The Morgan fingerprint density at radius 3 is 2.58 bits per heavy atom. The Labute approximate surface area is 122 Å². The Kier molecular flexibility index (Phi) is 7.04. The minimum atomic E-state index is -3.24. The summed E-state index contributed by atoms with van der Waals surface area (Å²) in [5.74, 6) is 0.396. The number of rotatable bonds is 5. The summed E-state index contributed by atoms with van der Waals surface area (Å²) < 4.78 is 32.5. The van der Waals surface area contributed by atoms with Gasteiger partial charge in [0.05, 0.1) is 11.9 Å². The van der Waals surface area contributed by atoms with Gasteiger partial charge in [-0.3, -0.25) is 0 Å². The third-order valence-corrected chi connectivity index (χ3v) is 5.44. The van der Waals surface area contributed by atoms with E-state index in [2.05, 4.69) is 4.72 Å². The average molecular weight is 313 g/mol. The van der Waals surface area contributed by atoms with Crippen molar-refractivity contribution in [2.75, 3.05) is 18.9 Å². The van der Waals surface area contributed by atoms with E-state index in [1.165, 1.54) is 0 Å². The summed E-state index contributed by atoms with van der Waals surface area (Å²) in [6.45, 7) is 1.25. The summed E-state index contributed by atoms with van der Waals surface area (Å²) in [6, 6.07) is 0.0311. The van der Waals surface area contributed by atoms with E-state index in [0.717, 1.165) is 38.5 Å². The molecule has 19 heavy (non-hydrogen) atoms. The fourth-order valence-electron chi connectivity index (χ4n) is 2.94. The lowest BCUT2D eigenvalue weighted by atomic mass is 10.1. The first-order valence-electron chi connectivity index (χ1n) is 6.92. The average Bonchev–Trinajstić information content (AvgIpc) is 2.76. The second-order valence-electron chi connectivity index (χ2n) is 5.42. The lowest BCUT2D eigenvalue weighted by Gasteiger charge is -2.24. The molecular formula is C12H25ClN2O3S. The van der Waals surface area contributed by atoms with Crippen LogP contribution in [0.4, 0.5) is 0 Å². The molecule has 1 aliphatic heterocycles. The summed E-state index contributed by atoms with van der Waals surface area (Å²) in [4.78, 5) is 0. The first kappa shape index (κ1) is 17.2. The fourth-order valence-corrected chi connectivity index (χ4v) is 4.56. The van der Waals surface area contributed by atoms with Crippen LogP contribution < -0.4 is 10.5 Å². The first-order chi connectivity index (χ1) is 8.61. The molecule has 1 heterocycles. The Hall–Kier alpha value is 0.120. The molecule has 0 radical (unpaired) electrons.